The van der Waals surface area contributed by atoms with Gasteiger partial charge in [0.15, 0.2) is 0 Å². The number of hydrogen-bond donors (Lipinski definition) is 1. The number of nitrogens with zero attached hydrogens (tertiary/aromatic N) is 1. The summed E-state index contributed by atoms with van der Waals surface area (Å²) < 4.78 is 0. The van der Waals surface area contributed by atoms with Crippen LogP contribution in [0.3, 0.4) is 0 Å². The van der Waals surface area contributed by atoms with Gasteiger partial charge in [0.2, 0.25) is 5.91 Å². The summed E-state index contributed by atoms with van der Waals surface area (Å²) >= 11 is 1.72. The van der Waals surface area contributed by atoms with Crippen LogP contribution < -0.4 is 5.32 Å². The Hall–Kier alpha value is -0.870. The number of likely N-dealkylation sites (tertiary alicyclic amines) is 1. The fourth-order valence-electron chi connectivity index (χ4n) is 2.34. The van der Waals surface area contributed by atoms with Crippen LogP contribution >= 0.6 is 11.3 Å². The molecule has 2 heterocycles. The first kappa shape index (κ1) is 13.6. The fourth-order valence-corrected chi connectivity index (χ4v) is 3.09. The summed E-state index contributed by atoms with van der Waals surface area (Å²) in [5.74, 6) is 0.305. The van der Waals surface area contributed by atoms with E-state index in [1.54, 1.807) is 11.3 Å². The predicted molar refractivity (Wildman–Crippen MR) is 75.8 cm³/mol. The molecule has 0 radical (unpaired) electrons. The number of thiophene rings is 1. The highest BCUT2D eigenvalue weighted by atomic mass is 32.1. The minimum Gasteiger partial charge on any atom is -0.343 e. The second-order valence-electron chi connectivity index (χ2n) is 4.92. The average molecular weight is 266 g/mol. The topological polar surface area (TPSA) is 32.3 Å². The third kappa shape index (κ3) is 3.82. The Kier molecular flexibility index (Phi) is 5.20. The van der Waals surface area contributed by atoms with E-state index in [2.05, 4.69) is 29.1 Å². The van der Waals surface area contributed by atoms with Crippen molar-refractivity contribution in [3.8, 4) is 0 Å². The normalized spacial score (nSPS) is 17.7. The molecule has 0 bridgehead atoms. The van der Waals surface area contributed by atoms with Crippen molar-refractivity contribution in [2.75, 3.05) is 19.6 Å². The van der Waals surface area contributed by atoms with Gasteiger partial charge in [-0.3, -0.25) is 4.79 Å². The molecule has 0 spiro atoms. The molecule has 0 saturated carbocycles. The van der Waals surface area contributed by atoms with Gasteiger partial charge < -0.3 is 10.2 Å². The zero-order valence-electron chi connectivity index (χ0n) is 11.0. The molecule has 1 atom stereocenters. The van der Waals surface area contributed by atoms with E-state index in [-0.39, 0.29) is 0 Å². The standard InChI is InChI=1S/C14H22N2OS/c1-12(13-6-10-18-11-13)15-7-5-14(17)16-8-3-2-4-9-16/h6,10-12,15H,2-5,7-9H2,1H3. The van der Waals surface area contributed by atoms with Crippen molar-refractivity contribution in [2.24, 2.45) is 0 Å². The molecule has 1 amide bonds. The molecule has 1 unspecified atom stereocenters. The quantitative estimate of drug-likeness (QED) is 0.889. The molecule has 0 aliphatic carbocycles. The Morgan fingerprint density at radius 2 is 2.22 bits per heavy atom. The van der Waals surface area contributed by atoms with E-state index in [9.17, 15) is 4.79 Å². The van der Waals surface area contributed by atoms with Gasteiger partial charge in [-0.05, 0) is 48.6 Å². The first-order valence-corrected chi connectivity index (χ1v) is 7.75. The molecule has 4 heteroatoms. The Balaban J connectivity index is 1.67. The molecule has 18 heavy (non-hydrogen) atoms. The van der Waals surface area contributed by atoms with Crippen LogP contribution in [0.2, 0.25) is 0 Å². The average Bonchev–Trinajstić information content (AvgIpc) is 2.93. The molecule has 1 saturated heterocycles. The first-order valence-electron chi connectivity index (χ1n) is 6.80. The number of nitrogens with one attached hydrogen (secondary N) is 1. The second-order valence-corrected chi connectivity index (χ2v) is 5.70. The number of carbonyl (C=O) groups excluding carboxylic acids is 1. The minimum atomic E-state index is 0.305. The van der Waals surface area contributed by atoms with Gasteiger partial charge in [0.05, 0.1) is 0 Å². The van der Waals surface area contributed by atoms with Crippen LogP contribution in [0.25, 0.3) is 0 Å². The summed E-state index contributed by atoms with van der Waals surface area (Å²) in [5, 5.41) is 7.66. The summed E-state index contributed by atoms with van der Waals surface area (Å²) in [6.07, 6.45) is 4.24. The predicted octanol–water partition coefficient (Wildman–Crippen LogP) is 2.80. The van der Waals surface area contributed by atoms with E-state index in [1.807, 2.05) is 4.90 Å². The summed E-state index contributed by atoms with van der Waals surface area (Å²) in [7, 11) is 0. The maximum absolute atomic E-state index is 12.0. The third-order valence-corrected chi connectivity index (χ3v) is 4.24. The van der Waals surface area contributed by atoms with Crippen LogP contribution in [0.15, 0.2) is 16.8 Å². The molecule has 1 N–H and O–H groups in total. The lowest BCUT2D eigenvalue weighted by Gasteiger charge is -2.27. The number of hydrogen-bond acceptors (Lipinski definition) is 3. The number of piperidine rings is 1. The van der Waals surface area contributed by atoms with E-state index >= 15 is 0 Å². The van der Waals surface area contributed by atoms with Crippen LogP contribution in [-0.2, 0) is 4.79 Å². The second kappa shape index (κ2) is 6.90. The number of amides is 1. The van der Waals surface area contributed by atoms with E-state index in [0.717, 1.165) is 19.6 Å². The van der Waals surface area contributed by atoms with Gasteiger partial charge in [-0.1, -0.05) is 0 Å². The van der Waals surface area contributed by atoms with Gasteiger partial charge in [-0.15, -0.1) is 0 Å². The summed E-state index contributed by atoms with van der Waals surface area (Å²) in [6.45, 7) is 4.83. The first-order chi connectivity index (χ1) is 8.77. The van der Waals surface area contributed by atoms with Gasteiger partial charge in [-0.2, -0.15) is 11.3 Å². The minimum absolute atomic E-state index is 0.305. The van der Waals surface area contributed by atoms with Crippen molar-refractivity contribution in [1.29, 1.82) is 0 Å². The molecule has 1 aromatic rings. The maximum Gasteiger partial charge on any atom is 0.223 e. The maximum atomic E-state index is 12.0. The molecule has 1 aliphatic rings. The van der Waals surface area contributed by atoms with E-state index in [1.165, 1.54) is 24.8 Å². The Morgan fingerprint density at radius 1 is 1.44 bits per heavy atom. The highest BCUT2D eigenvalue weighted by Crippen LogP contribution is 2.15. The molecule has 1 aliphatic heterocycles. The zero-order valence-corrected chi connectivity index (χ0v) is 11.8. The zero-order chi connectivity index (χ0) is 12.8. The van der Waals surface area contributed by atoms with Gasteiger partial charge in [0, 0.05) is 32.1 Å². The number of carbonyl (C=O) groups is 1. The lowest BCUT2D eigenvalue weighted by atomic mass is 10.1. The van der Waals surface area contributed by atoms with Crippen molar-refractivity contribution in [2.45, 2.75) is 38.6 Å². The van der Waals surface area contributed by atoms with Crippen LogP contribution in [0, 0.1) is 0 Å². The van der Waals surface area contributed by atoms with Crippen molar-refractivity contribution < 1.29 is 4.79 Å². The molecular formula is C14H22N2OS. The van der Waals surface area contributed by atoms with Crippen LogP contribution in [0.5, 0.6) is 0 Å². The largest absolute Gasteiger partial charge is 0.343 e. The molecule has 0 aromatic carbocycles. The van der Waals surface area contributed by atoms with E-state index in [0.29, 0.717) is 18.4 Å². The molecule has 1 fully saturated rings. The van der Waals surface area contributed by atoms with Crippen molar-refractivity contribution in [3.63, 3.8) is 0 Å². The lowest BCUT2D eigenvalue weighted by Crippen LogP contribution is -2.37. The van der Waals surface area contributed by atoms with Crippen LogP contribution in [-0.4, -0.2) is 30.4 Å². The molecule has 1 aromatic heterocycles. The smallest absolute Gasteiger partial charge is 0.223 e. The van der Waals surface area contributed by atoms with Crippen molar-refractivity contribution in [1.82, 2.24) is 10.2 Å². The van der Waals surface area contributed by atoms with Gasteiger partial charge in [0.25, 0.3) is 0 Å². The lowest BCUT2D eigenvalue weighted by molar-refractivity contribution is -0.132. The highest BCUT2D eigenvalue weighted by molar-refractivity contribution is 7.07. The van der Waals surface area contributed by atoms with Gasteiger partial charge in [0.1, 0.15) is 0 Å². The van der Waals surface area contributed by atoms with Gasteiger partial charge in [-0.25, -0.2) is 0 Å². The SMILES string of the molecule is CC(NCCC(=O)N1CCCCC1)c1ccsc1. The molecule has 3 nitrogen and oxygen atoms in total. The van der Waals surface area contributed by atoms with Crippen LogP contribution in [0.4, 0.5) is 0 Å². The third-order valence-electron chi connectivity index (χ3n) is 3.54. The summed E-state index contributed by atoms with van der Waals surface area (Å²) in [4.78, 5) is 14.0. The molecule has 100 valence electrons. The molecular weight excluding hydrogens is 244 g/mol. The fraction of sp³-hybridized carbons (Fsp3) is 0.643. The van der Waals surface area contributed by atoms with Crippen molar-refractivity contribution in [3.05, 3.63) is 22.4 Å². The van der Waals surface area contributed by atoms with Gasteiger partial charge >= 0.3 is 0 Å². The Bertz CT molecular complexity index is 358. The van der Waals surface area contributed by atoms with E-state index in [4.69, 9.17) is 0 Å². The highest BCUT2D eigenvalue weighted by Gasteiger charge is 2.16. The summed E-state index contributed by atoms with van der Waals surface area (Å²) in [6, 6.07) is 2.47. The van der Waals surface area contributed by atoms with Crippen molar-refractivity contribution >= 4 is 17.2 Å². The monoisotopic (exact) mass is 266 g/mol. The Labute approximate surface area is 113 Å². The molecule has 2 rings (SSSR count). The summed E-state index contributed by atoms with van der Waals surface area (Å²) in [5.41, 5.74) is 1.31. The Morgan fingerprint density at radius 3 is 2.89 bits per heavy atom. The van der Waals surface area contributed by atoms with E-state index < -0.39 is 0 Å². The number of rotatable bonds is 5. The van der Waals surface area contributed by atoms with Crippen LogP contribution in [0.1, 0.15) is 44.2 Å².